The Morgan fingerprint density at radius 3 is 2.27 bits per heavy atom. The highest BCUT2D eigenvalue weighted by Gasteiger charge is 2.41. The van der Waals surface area contributed by atoms with E-state index in [-0.39, 0.29) is 5.56 Å². The molecule has 0 spiro atoms. The van der Waals surface area contributed by atoms with Crippen LogP contribution in [0.2, 0.25) is 0 Å². The molecule has 1 fully saturated rings. The average molecular weight is 520 g/mol. The van der Waals surface area contributed by atoms with Crippen LogP contribution < -0.4 is 16.0 Å². The van der Waals surface area contributed by atoms with Crippen LogP contribution in [-0.2, 0) is 4.79 Å². The number of amides is 3. The predicted molar refractivity (Wildman–Crippen MR) is 148 cm³/mol. The first-order valence-electron chi connectivity index (χ1n) is 12.5. The lowest BCUT2D eigenvalue weighted by Crippen LogP contribution is -2.52. The number of urea groups is 1. The molecule has 7 nitrogen and oxygen atoms in total. The van der Waals surface area contributed by atoms with E-state index >= 15 is 0 Å². The second-order valence-corrected chi connectivity index (χ2v) is 11.0. The van der Waals surface area contributed by atoms with Crippen molar-refractivity contribution in [1.82, 2.24) is 5.32 Å². The number of para-hydroxylation sites is 1. The monoisotopic (exact) mass is 519 g/mol. The number of rotatable bonds is 7. The van der Waals surface area contributed by atoms with Gasteiger partial charge in [0.1, 0.15) is 6.04 Å². The van der Waals surface area contributed by atoms with Crippen molar-refractivity contribution in [3.8, 4) is 10.4 Å². The lowest BCUT2D eigenvalue weighted by atomic mass is 9.70. The van der Waals surface area contributed by atoms with Crippen molar-refractivity contribution in [2.24, 2.45) is 5.41 Å². The Labute approximate surface area is 221 Å². The van der Waals surface area contributed by atoms with Crippen molar-refractivity contribution in [3.63, 3.8) is 0 Å². The fourth-order valence-corrected chi connectivity index (χ4v) is 5.84. The molecule has 1 saturated carbocycles. The Morgan fingerprint density at radius 2 is 1.65 bits per heavy atom. The van der Waals surface area contributed by atoms with Gasteiger partial charge < -0.3 is 21.1 Å². The number of aryl methyl sites for hydroxylation is 2. The van der Waals surface area contributed by atoms with Gasteiger partial charge in [-0.1, -0.05) is 56.5 Å². The molecule has 2 aromatic carbocycles. The maximum Gasteiger partial charge on any atom is 0.326 e. The van der Waals surface area contributed by atoms with Crippen molar-refractivity contribution in [3.05, 3.63) is 70.6 Å². The highest BCUT2D eigenvalue weighted by molar-refractivity contribution is 7.13. The van der Waals surface area contributed by atoms with E-state index in [0.717, 1.165) is 53.7 Å². The van der Waals surface area contributed by atoms with Gasteiger partial charge in [-0.2, -0.15) is 0 Å². The lowest BCUT2D eigenvalue weighted by molar-refractivity contribution is -0.143. The zero-order chi connectivity index (χ0) is 26.6. The number of thiophene rings is 1. The fourth-order valence-electron chi connectivity index (χ4n) is 5.11. The minimum Gasteiger partial charge on any atom is -0.480 e. The summed E-state index contributed by atoms with van der Waals surface area (Å²) in [4.78, 5) is 39.7. The van der Waals surface area contributed by atoms with Gasteiger partial charge in [-0.05, 0) is 72.4 Å². The third kappa shape index (κ3) is 6.02. The Hall–Kier alpha value is -3.65. The highest BCUT2D eigenvalue weighted by Crippen LogP contribution is 2.39. The second-order valence-electron chi connectivity index (χ2n) is 10.0. The fraction of sp³-hybridized carbons (Fsp3) is 0.345. The summed E-state index contributed by atoms with van der Waals surface area (Å²) >= 11 is 1.55. The van der Waals surface area contributed by atoms with Gasteiger partial charge >= 0.3 is 12.0 Å². The van der Waals surface area contributed by atoms with E-state index in [1.165, 1.54) is 0 Å². The summed E-state index contributed by atoms with van der Waals surface area (Å²) in [5.74, 6) is -1.57. The Balaban J connectivity index is 1.63. The molecule has 1 atom stereocenters. The summed E-state index contributed by atoms with van der Waals surface area (Å²) in [5.41, 5.74) is 3.40. The number of hydrogen-bond donors (Lipinski definition) is 4. The van der Waals surface area contributed by atoms with Crippen LogP contribution in [0.4, 0.5) is 16.2 Å². The summed E-state index contributed by atoms with van der Waals surface area (Å²) in [6.07, 6.45) is 4.44. The number of carbonyl (C=O) groups excluding carboxylic acids is 2. The van der Waals surface area contributed by atoms with Crippen LogP contribution in [0.15, 0.2) is 53.9 Å². The average Bonchev–Trinajstić information content (AvgIpc) is 3.40. The summed E-state index contributed by atoms with van der Waals surface area (Å²) in [7, 11) is 0. The molecule has 1 aliphatic carbocycles. The molecule has 3 amide bonds. The molecule has 0 aliphatic heterocycles. The summed E-state index contributed by atoms with van der Waals surface area (Å²) in [6.45, 7) is 5.76. The molecule has 194 valence electrons. The van der Waals surface area contributed by atoms with E-state index in [1.807, 2.05) is 62.5 Å². The van der Waals surface area contributed by atoms with Crippen LogP contribution in [0.1, 0.15) is 60.5 Å². The zero-order valence-corrected chi connectivity index (χ0v) is 22.2. The van der Waals surface area contributed by atoms with Crippen molar-refractivity contribution >= 4 is 40.6 Å². The minimum atomic E-state index is -1.05. The Morgan fingerprint density at radius 1 is 0.946 bits per heavy atom. The van der Waals surface area contributed by atoms with E-state index in [9.17, 15) is 19.5 Å². The number of carboxylic acid groups (broad SMARTS) is 1. The molecular formula is C29H33N3O4S. The van der Waals surface area contributed by atoms with Crippen molar-refractivity contribution in [2.75, 3.05) is 10.6 Å². The maximum atomic E-state index is 13.5. The highest BCUT2D eigenvalue weighted by atomic mass is 32.1. The molecule has 0 bridgehead atoms. The molecule has 3 aromatic rings. The molecule has 8 heteroatoms. The number of benzene rings is 2. The Kier molecular flexibility index (Phi) is 7.97. The summed E-state index contributed by atoms with van der Waals surface area (Å²) in [6, 6.07) is 13.4. The third-order valence-electron chi connectivity index (χ3n) is 7.25. The smallest absolute Gasteiger partial charge is 0.326 e. The quantitative estimate of drug-likeness (QED) is 0.274. The number of carbonyl (C=O) groups is 3. The van der Waals surface area contributed by atoms with Gasteiger partial charge in [-0.15, -0.1) is 11.3 Å². The largest absolute Gasteiger partial charge is 0.480 e. The molecule has 0 saturated heterocycles. The number of anilines is 2. The normalized spacial score (nSPS) is 15.4. The van der Waals surface area contributed by atoms with Gasteiger partial charge in [-0.3, -0.25) is 4.79 Å². The molecule has 0 unspecified atom stereocenters. The molecule has 4 N–H and O–H groups in total. The second kappa shape index (κ2) is 11.2. The molecule has 1 aliphatic rings. The van der Waals surface area contributed by atoms with Gasteiger partial charge in [0, 0.05) is 10.6 Å². The number of carboxylic acids is 1. The molecule has 4 rings (SSSR count). The Bertz CT molecular complexity index is 1280. The van der Waals surface area contributed by atoms with E-state index < -0.39 is 29.4 Å². The van der Waals surface area contributed by atoms with Crippen LogP contribution in [0, 0.1) is 19.3 Å². The maximum absolute atomic E-state index is 13.5. The van der Waals surface area contributed by atoms with Gasteiger partial charge in [0.2, 0.25) is 0 Å². The van der Waals surface area contributed by atoms with Gasteiger partial charge in [0.25, 0.3) is 5.91 Å². The molecule has 0 radical (unpaired) electrons. The van der Waals surface area contributed by atoms with E-state index in [4.69, 9.17) is 0 Å². The van der Waals surface area contributed by atoms with Crippen LogP contribution >= 0.6 is 11.3 Å². The molecule has 1 aromatic heterocycles. The van der Waals surface area contributed by atoms with Gasteiger partial charge in [-0.25, -0.2) is 9.59 Å². The van der Waals surface area contributed by atoms with Crippen molar-refractivity contribution in [1.29, 1.82) is 0 Å². The summed E-state index contributed by atoms with van der Waals surface area (Å²) < 4.78 is 0. The van der Waals surface area contributed by atoms with Crippen LogP contribution in [0.3, 0.4) is 0 Å². The molecule has 1 heterocycles. The third-order valence-corrected chi connectivity index (χ3v) is 8.17. The van der Waals surface area contributed by atoms with Gasteiger partial charge in [0.05, 0.1) is 11.3 Å². The van der Waals surface area contributed by atoms with Crippen molar-refractivity contribution < 1.29 is 19.5 Å². The molecular weight excluding hydrogens is 486 g/mol. The van der Waals surface area contributed by atoms with Crippen molar-refractivity contribution in [2.45, 2.75) is 58.9 Å². The van der Waals surface area contributed by atoms with Crippen LogP contribution in [-0.4, -0.2) is 29.1 Å². The number of nitrogens with one attached hydrogen (secondary N) is 3. The molecule has 37 heavy (non-hydrogen) atoms. The first-order chi connectivity index (χ1) is 17.7. The van der Waals surface area contributed by atoms with E-state index in [1.54, 1.807) is 23.5 Å². The topological polar surface area (TPSA) is 108 Å². The standard InChI is InChI=1S/C29H33N3O4S/c1-18-9-7-10-19(2)24(18)31-28(36)30-22-17-20(23-11-8-16-37-23)12-13-21(22)26(33)32-25(27(34)35)29(3)14-5-4-6-15-29/h7-13,16-17,25H,4-6,14-15H2,1-3H3,(H,32,33)(H,34,35)(H2,30,31,36)/t25-/m1/s1. The van der Waals surface area contributed by atoms with Crippen LogP contribution in [0.5, 0.6) is 0 Å². The zero-order valence-electron chi connectivity index (χ0n) is 21.4. The summed E-state index contributed by atoms with van der Waals surface area (Å²) in [5, 5.41) is 20.4. The van der Waals surface area contributed by atoms with Gasteiger partial charge in [0.15, 0.2) is 0 Å². The number of aliphatic carboxylic acids is 1. The lowest BCUT2D eigenvalue weighted by Gasteiger charge is -2.38. The first-order valence-corrected chi connectivity index (χ1v) is 13.4. The first kappa shape index (κ1) is 26.4. The predicted octanol–water partition coefficient (Wildman–Crippen LogP) is 6.83. The SMILES string of the molecule is Cc1cccc(C)c1NC(=O)Nc1cc(-c2cccs2)ccc1C(=O)N[C@H](C(=O)O)C1(C)CCCCC1. The minimum absolute atomic E-state index is 0.211. The van der Waals surface area contributed by atoms with E-state index in [2.05, 4.69) is 16.0 Å². The number of hydrogen-bond acceptors (Lipinski definition) is 4. The van der Waals surface area contributed by atoms with E-state index in [0.29, 0.717) is 11.4 Å². The van der Waals surface area contributed by atoms with Crippen LogP contribution in [0.25, 0.3) is 10.4 Å².